The molecule has 1 aliphatic heterocycles. The number of halogens is 1. The second-order valence-electron chi connectivity index (χ2n) is 7.43. The van der Waals surface area contributed by atoms with Crippen molar-refractivity contribution in [1.82, 2.24) is 20.1 Å². The third-order valence-corrected chi connectivity index (χ3v) is 5.71. The van der Waals surface area contributed by atoms with Crippen LogP contribution < -0.4 is 20.1 Å². The van der Waals surface area contributed by atoms with Gasteiger partial charge in [-0.1, -0.05) is 23.9 Å². The molecule has 0 saturated heterocycles. The maximum absolute atomic E-state index is 13.8. The van der Waals surface area contributed by atoms with Crippen LogP contribution in [0.25, 0.3) is 0 Å². The van der Waals surface area contributed by atoms with Crippen molar-refractivity contribution in [2.24, 2.45) is 0 Å². The number of nitrogens with zero attached hydrogens (tertiary/aromatic N) is 3. The zero-order chi connectivity index (χ0) is 23.4. The van der Waals surface area contributed by atoms with Gasteiger partial charge in [-0.2, -0.15) is 0 Å². The highest BCUT2D eigenvalue weighted by Crippen LogP contribution is 2.34. The third-order valence-electron chi connectivity index (χ3n) is 4.77. The topological polar surface area (TPSA) is 107 Å². The minimum absolute atomic E-state index is 0.0141. The maximum Gasteiger partial charge on any atom is 0.254 e. The average molecular weight is 472 g/mol. The number of carbonyl (C=O) groups is 2. The predicted molar refractivity (Wildman–Crippen MR) is 120 cm³/mol. The quantitative estimate of drug-likeness (QED) is 0.485. The molecule has 2 amide bonds. The van der Waals surface area contributed by atoms with E-state index in [2.05, 4.69) is 20.8 Å². The molecule has 9 nitrogen and oxygen atoms in total. The largest absolute Gasteiger partial charge is 0.454 e. The van der Waals surface area contributed by atoms with Crippen LogP contribution in [0.3, 0.4) is 0 Å². The van der Waals surface area contributed by atoms with Gasteiger partial charge in [-0.15, -0.1) is 10.2 Å². The first-order chi connectivity index (χ1) is 15.9. The molecule has 0 unspecified atom stereocenters. The van der Waals surface area contributed by atoms with Gasteiger partial charge in [-0.3, -0.25) is 9.59 Å². The number of carbonyl (C=O) groups excluding carboxylic acids is 2. The zero-order valence-electron chi connectivity index (χ0n) is 18.0. The molecule has 2 aromatic carbocycles. The highest BCUT2D eigenvalue weighted by atomic mass is 32.2. The van der Waals surface area contributed by atoms with Crippen LogP contribution in [-0.4, -0.2) is 39.1 Å². The number of benzene rings is 2. The van der Waals surface area contributed by atoms with Crippen LogP contribution in [0, 0.1) is 5.82 Å². The second-order valence-corrected chi connectivity index (χ2v) is 8.37. The second kappa shape index (κ2) is 9.90. The van der Waals surface area contributed by atoms with Crippen molar-refractivity contribution in [3.8, 4) is 11.5 Å². The molecular formula is C22H22FN5O4S. The average Bonchev–Trinajstić information content (AvgIpc) is 3.42. The summed E-state index contributed by atoms with van der Waals surface area (Å²) in [5.74, 6) is 0.499. The van der Waals surface area contributed by atoms with Gasteiger partial charge in [0.25, 0.3) is 5.91 Å². The summed E-state index contributed by atoms with van der Waals surface area (Å²) in [5.41, 5.74) is 0.564. The number of fused-ring (bicyclic) bond motifs is 1. The summed E-state index contributed by atoms with van der Waals surface area (Å²) in [4.78, 5) is 24.7. The van der Waals surface area contributed by atoms with Gasteiger partial charge in [0.1, 0.15) is 5.82 Å². The highest BCUT2D eigenvalue weighted by Gasteiger charge is 2.19. The Morgan fingerprint density at radius 2 is 1.94 bits per heavy atom. The van der Waals surface area contributed by atoms with E-state index in [-0.39, 0.29) is 36.6 Å². The highest BCUT2D eigenvalue weighted by molar-refractivity contribution is 7.99. The lowest BCUT2D eigenvalue weighted by Gasteiger charge is -2.14. The van der Waals surface area contributed by atoms with Crippen molar-refractivity contribution in [2.75, 3.05) is 17.9 Å². The molecule has 2 heterocycles. The van der Waals surface area contributed by atoms with E-state index in [0.29, 0.717) is 28.2 Å². The van der Waals surface area contributed by atoms with Crippen LogP contribution in [0.5, 0.6) is 11.5 Å². The molecule has 11 heteroatoms. The van der Waals surface area contributed by atoms with E-state index in [0.717, 1.165) is 0 Å². The van der Waals surface area contributed by atoms with Gasteiger partial charge >= 0.3 is 0 Å². The summed E-state index contributed by atoms with van der Waals surface area (Å²) in [6.07, 6.45) is 0. The van der Waals surface area contributed by atoms with Crippen LogP contribution in [0.2, 0.25) is 0 Å². The fraction of sp³-hybridized carbons (Fsp3) is 0.273. The monoisotopic (exact) mass is 471 g/mol. The van der Waals surface area contributed by atoms with Gasteiger partial charge in [0.15, 0.2) is 22.5 Å². The molecule has 2 N–H and O–H groups in total. The molecule has 3 aromatic rings. The summed E-state index contributed by atoms with van der Waals surface area (Å²) in [5, 5.41) is 14.3. The number of hydrogen-bond donors (Lipinski definition) is 2. The SMILES string of the molecule is CC(C)n1c(CNC(=O)c2ccccc2F)nnc1SCC(=O)Nc1ccc2c(c1)OCO2. The van der Waals surface area contributed by atoms with Crippen molar-refractivity contribution in [2.45, 2.75) is 31.6 Å². The Balaban J connectivity index is 1.36. The standard InChI is InChI=1S/C22H22FN5O4S/c1-13(2)28-19(10-24-21(30)15-5-3-4-6-16(15)23)26-27-22(28)33-11-20(29)25-14-7-8-17-18(9-14)32-12-31-17/h3-9,13H,10-12H2,1-2H3,(H,24,30)(H,25,29). The molecule has 0 radical (unpaired) electrons. The minimum atomic E-state index is -0.593. The van der Waals surface area contributed by atoms with Crippen molar-refractivity contribution in [3.05, 3.63) is 59.7 Å². The molecule has 0 fully saturated rings. The molecule has 0 spiro atoms. The molecule has 1 aromatic heterocycles. The smallest absolute Gasteiger partial charge is 0.254 e. The molecule has 0 saturated carbocycles. The van der Waals surface area contributed by atoms with Crippen LogP contribution in [0.4, 0.5) is 10.1 Å². The van der Waals surface area contributed by atoms with E-state index in [1.54, 1.807) is 24.3 Å². The van der Waals surface area contributed by atoms with Crippen LogP contribution in [0.15, 0.2) is 47.6 Å². The molecule has 0 atom stereocenters. The van der Waals surface area contributed by atoms with Gasteiger partial charge in [0.05, 0.1) is 17.9 Å². The Morgan fingerprint density at radius 3 is 2.73 bits per heavy atom. The summed E-state index contributed by atoms with van der Waals surface area (Å²) in [6, 6.07) is 10.9. The molecule has 0 aliphatic carbocycles. The third kappa shape index (κ3) is 5.25. The van der Waals surface area contributed by atoms with Crippen molar-refractivity contribution in [1.29, 1.82) is 0 Å². The summed E-state index contributed by atoms with van der Waals surface area (Å²) >= 11 is 1.23. The van der Waals surface area contributed by atoms with E-state index < -0.39 is 11.7 Å². The van der Waals surface area contributed by atoms with Gasteiger partial charge in [0, 0.05) is 17.8 Å². The number of thioether (sulfide) groups is 1. The number of rotatable bonds is 8. The summed E-state index contributed by atoms with van der Waals surface area (Å²) in [6.45, 7) is 4.13. The molecule has 172 valence electrons. The molecule has 4 rings (SSSR count). The van der Waals surface area contributed by atoms with Gasteiger partial charge in [-0.25, -0.2) is 4.39 Å². The number of nitrogens with one attached hydrogen (secondary N) is 2. The van der Waals surface area contributed by atoms with Gasteiger partial charge < -0.3 is 24.7 Å². The maximum atomic E-state index is 13.8. The zero-order valence-corrected chi connectivity index (χ0v) is 18.8. The number of ether oxygens (including phenoxy) is 2. The minimum Gasteiger partial charge on any atom is -0.454 e. The lowest BCUT2D eigenvalue weighted by atomic mass is 10.2. The first-order valence-corrected chi connectivity index (χ1v) is 11.2. The summed E-state index contributed by atoms with van der Waals surface area (Å²) < 4.78 is 26.2. The Kier molecular flexibility index (Phi) is 6.78. The van der Waals surface area contributed by atoms with Crippen LogP contribution in [-0.2, 0) is 11.3 Å². The molecule has 0 bridgehead atoms. The Labute approximate surface area is 193 Å². The van der Waals surface area contributed by atoms with E-state index in [1.165, 1.54) is 30.0 Å². The van der Waals surface area contributed by atoms with Crippen molar-refractivity contribution < 1.29 is 23.5 Å². The lowest BCUT2D eigenvalue weighted by Crippen LogP contribution is -2.26. The van der Waals surface area contributed by atoms with Crippen molar-refractivity contribution >= 4 is 29.3 Å². The molecule has 1 aliphatic rings. The predicted octanol–water partition coefficient (Wildman–Crippen LogP) is 3.39. The number of amides is 2. The number of aromatic nitrogens is 3. The fourth-order valence-corrected chi connectivity index (χ4v) is 4.13. The van der Waals surface area contributed by atoms with E-state index in [9.17, 15) is 14.0 Å². The normalized spacial score (nSPS) is 12.1. The first kappa shape index (κ1) is 22.6. The Morgan fingerprint density at radius 1 is 1.15 bits per heavy atom. The number of anilines is 1. The van der Waals surface area contributed by atoms with E-state index in [4.69, 9.17) is 9.47 Å². The van der Waals surface area contributed by atoms with E-state index in [1.807, 2.05) is 18.4 Å². The Bertz CT molecular complexity index is 1180. The molecular weight excluding hydrogens is 449 g/mol. The van der Waals surface area contributed by atoms with Crippen molar-refractivity contribution in [3.63, 3.8) is 0 Å². The lowest BCUT2D eigenvalue weighted by molar-refractivity contribution is -0.113. The van der Waals surface area contributed by atoms with Gasteiger partial charge in [-0.05, 0) is 38.1 Å². The first-order valence-electron chi connectivity index (χ1n) is 10.2. The molecule has 33 heavy (non-hydrogen) atoms. The number of hydrogen-bond acceptors (Lipinski definition) is 7. The van der Waals surface area contributed by atoms with Crippen LogP contribution >= 0.6 is 11.8 Å². The summed E-state index contributed by atoms with van der Waals surface area (Å²) in [7, 11) is 0. The fourth-order valence-electron chi connectivity index (χ4n) is 3.25. The van der Waals surface area contributed by atoms with Crippen LogP contribution in [0.1, 0.15) is 36.1 Å². The Hall–Kier alpha value is -3.60. The van der Waals surface area contributed by atoms with E-state index >= 15 is 0 Å². The van der Waals surface area contributed by atoms with Gasteiger partial charge in [0.2, 0.25) is 12.7 Å².